The first-order valence-electron chi connectivity index (χ1n) is 7.75. The molecule has 0 bridgehead atoms. The molecule has 0 N–H and O–H groups in total. The molecule has 27 heavy (non-hydrogen) atoms. The van der Waals surface area contributed by atoms with E-state index in [9.17, 15) is 18.5 Å². The number of rotatable bonds is 8. The summed E-state index contributed by atoms with van der Waals surface area (Å²) in [5.74, 6) is 1.08. The van der Waals surface area contributed by atoms with Crippen molar-refractivity contribution in [1.82, 2.24) is 4.31 Å². The highest BCUT2D eigenvalue weighted by Crippen LogP contribution is 2.40. The van der Waals surface area contributed by atoms with E-state index in [0.29, 0.717) is 22.8 Å². The normalized spacial score (nSPS) is 11.3. The van der Waals surface area contributed by atoms with Crippen molar-refractivity contribution in [2.24, 2.45) is 0 Å². The summed E-state index contributed by atoms with van der Waals surface area (Å²) in [5, 5.41) is 11.2. The molecule has 2 aromatic rings. The molecule has 0 heterocycles. The minimum Gasteiger partial charge on any atom is -0.493 e. The van der Waals surface area contributed by atoms with E-state index in [1.807, 2.05) is 0 Å². The largest absolute Gasteiger partial charge is 0.493 e. The summed E-state index contributed by atoms with van der Waals surface area (Å²) >= 11 is 0. The lowest BCUT2D eigenvalue weighted by Gasteiger charge is -2.20. The summed E-state index contributed by atoms with van der Waals surface area (Å²) in [4.78, 5) is 10.1. The number of sulfonamides is 1. The van der Waals surface area contributed by atoms with Crippen LogP contribution in [0.4, 0.5) is 5.69 Å². The third-order valence-corrected chi connectivity index (χ3v) is 5.78. The Balaban J connectivity index is 2.46. The van der Waals surface area contributed by atoms with E-state index in [1.165, 1.54) is 46.6 Å². The van der Waals surface area contributed by atoms with Crippen molar-refractivity contribution in [2.75, 3.05) is 28.4 Å². The van der Waals surface area contributed by atoms with Crippen LogP contribution >= 0.6 is 0 Å². The van der Waals surface area contributed by atoms with Gasteiger partial charge in [0.1, 0.15) is 0 Å². The van der Waals surface area contributed by atoms with E-state index in [-0.39, 0.29) is 11.4 Å². The van der Waals surface area contributed by atoms with E-state index in [1.54, 1.807) is 12.1 Å². The minimum atomic E-state index is -4.11. The monoisotopic (exact) mass is 396 g/mol. The Labute approximate surface area is 157 Å². The van der Waals surface area contributed by atoms with Crippen molar-refractivity contribution in [3.63, 3.8) is 0 Å². The molecular formula is C17H20N2O7S. The fraction of sp³-hybridized carbons (Fsp3) is 0.294. The van der Waals surface area contributed by atoms with Crippen LogP contribution in [-0.2, 0) is 16.6 Å². The predicted molar refractivity (Wildman–Crippen MR) is 97.8 cm³/mol. The molecule has 0 aliphatic carbocycles. The molecule has 0 atom stereocenters. The van der Waals surface area contributed by atoms with Gasteiger partial charge in [0.2, 0.25) is 15.8 Å². The fourth-order valence-electron chi connectivity index (χ4n) is 2.61. The van der Waals surface area contributed by atoms with Gasteiger partial charge in [-0.15, -0.1) is 0 Å². The maximum absolute atomic E-state index is 12.9. The van der Waals surface area contributed by atoms with Gasteiger partial charge in [0, 0.05) is 25.2 Å². The highest BCUT2D eigenvalue weighted by atomic mass is 32.2. The highest BCUT2D eigenvalue weighted by molar-refractivity contribution is 7.89. The molecule has 0 unspecified atom stereocenters. The van der Waals surface area contributed by atoms with E-state index < -0.39 is 20.6 Å². The Hall–Kier alpha value is -2.85. The van der Waals surface area contributed by atoms with E-state index in [2.05, 4.69) is 0 Å². The molecular weight excluding hydrogens is 376 g/mol. The Morgan fingerprint density at radius 2 is 1.63 bits per heavy atom. The van der Waals surface area contributed by atoms with Gasteiger partial charge in [-0.05, 0) is 12.1 Å². The number of nitro benzene ring substituents is 1. The molecule has 2 rings (SSSR count). The molecule has 10 heteroatoms. The lowest BCUT2D eigenvalue weighted by atomic mass is 10.1. The van der Waals surface area contributed by atoms with Crippen LogP contribution in [0.15, 0.2) is 41.3 Å². The zero-order valence-electron chi connectivity index (χ0n) is 15.3. The average Bonchev–Trinajstić information content (AvgIpc) is 2.67. The van der Waals surface area contributed by atoms with Gasteiger partial charge < -0.3 is 14.2 Å². The molecule has 0 aliphatic heterocycles. The number of hydrogen-bond acceptors (Lipinski definition) is 7. The van der Waals surface area contributed by atoms with E-state index in [4.69, 9.17) is 14.2 Å². The zero-order chi connectivity index (χ0) is 20.2. The Bertz CT molecular complexity index is 944. The van der Waals surface area contributed by atoms with E-state index in [0.717, 1.165) is 10.4 Å². The molecule has 146 valence electrons. The molecule has 0 aliphatic rings. The van der Waals surface area contributed by atoms with Gasteiger partial charge in [0.25, 0.3) is 5.69 Å². The Morgan fingerprint density at radius 3 is 2.19 bits per heavy atom. The van der Waals surface area contributed by atoms with Crippen LogP contribution in [-0.4, -0.2) is 46.0 Å². The standard InChI is InChI=1S/C17H20N2O7S/c1-18(27(22,23)15-8-6-5-7-13(15)19(20)21)11-12-9-10-14(24-2)17(26-4)16(12)25-3/h5-10H,11H2,1-4H3. The van der Waals surface area contributed by atoms with Crippen molar-refractivity contribution in [1.29, 1.82) is 0 Å². The summed E-state index contributed by atoms with van der Waals surface area (Å²) in [6.45, 7) is -0.0854. The van der Waals surface area contributed by atoms with Crippen LogP contribution in [0.3, 0.4) is 0 Å². The molecule has 0 saturated carbocycles. The summed E-state index contributed by atoms with van der Waals surface area (Å²) < 4.78 is 42.6. The first kappa shape index (κ1) is 20.5. The number of methoxy groups -OCH3 is 3. The lowest BCUT2D eigenvalue weighted by molar-refractivity contribution is -0.387. The minimum absolute atomic E-state index is 0.0854. The van der Waals surface area contributed by atoms with Crippen molar-refractivity contribution in [2.45, 2.75) is 11.4 Å². The summed E-state index contributed by atoms with van der Waals surface area (Å²) in [7, 11) is 1.57. The van der Waals surface area contributed by atoms with Gasteiger partial charge in [-0.25, -0.2) is 8.42 Å². The molecule has 9 nitrogen and oxygen atoms in total. The zero-order valence-corrected chi connectivity index (χ0v) is 16.1. The third-order valence-electron chi connectivity index (χ3n) is 3.93. The Kier molecular flexibility index (Phi) is 6.24. The van der Waals surface area contributed by atoms with Crippen molar-refractivity contribution in [3.8, 4) is 17.2 Å². The Morgan fingerprint density at radius 1 is 1.00 bits per heavy atom. The van der Waals surface area contributed by atoms with Crippen LogP contribution in [0.1, 0.15) is 5.56 Å². The molecule has 2 aromatic carbocycles. The second-order valence-electron chi connectivity index (χ2n) is 5.48. The fourth-order valence-corrected chi connectivity index (χ4v) is 3.91. The number of hydrogen-bond donors (Lipinski definition) is 0. The van der Waals surface area contributed by atoms with E-state index >= 15 is 0 Å². The van der Waals surface area contributed by atoms with Gasteiger partial charge in [-0.3, -0.25) is 10.1 Å². The van der Waals surface area contributed by atoms with Gasteiger partial charge in [-0.1, -0.05) is 18.2 Å². The SMILES string of the molecule is COc1ccc(CN(C)S(=O)(=O)c2ccccc2[N+](=O)[O-])c(OC)c1OC. The first-order valence-corrected chi connectivity index (χ1v) is 9.19. The quantitative estimate of drug-likeness (QED) is 0.498. The van der Waals surface area contributed by atoms with Crippen molar-refractivity contribution >= 4 is 15.7 Å². The maximum Gasteiger partial charge on any atom is 0.289 e. The van der Waals surface area contributed by atoms with Crippen molar-refractivity contribution < 1.29 is 27.6 Å². The maximum atomic E-state index is 12.9. The van der Waals surface area contributed by atoms with Gasteiger partial charge in [0.15, 0.2) is 16.4 Å². The molecule has 0 radical (unpaired) electrons. The molecule has 0 aromatic heterocycles. The molecule has 0 fully saturated rings. The number of para-hydroxylation sites is 1. The van der Waals surface area contributed by atoms with Crippen LogP contribution in [0.2, 0.25) is 0 Å². The molecule has 0 amide bonds. The van der Waals surface area contributed by atoms with Gasteiger partial charge in [0.05, 0.1) is 26.3 Å². The third kappa shape index (κ3) is 3.96. The second kappa shape index (κ2) is 8.23. The summed E-state index contributed by atoms with van der Waals surface area (Å²) in [6, 6.07) is 8.47. The average molecular weight is 396 g/mol. The van der Waals surface area contributed by atoms with Crippen LogP contribution in [0, 0.1) is 10.1 Å². The number of nitrogens with zero attached hydrogens (tertiary/aromatic N) is 2. The number of ether oxygens (including phenoxy) is 3. The number of benzene rings is 2. The second-order valence-corrected chi connectivity index (χ2v) is 7.49. The lowest BCUT2D eigenvalue weighted by Crippen LogP contribution is -2.27. The molecule has 0 spiro atoms. The predicted octanol–water partition coefficient (Wildman–Crippen LogP) is 2.44. The van der Waals surface area contributed by atoms with Gasteiger partial charge in [-0.2, -0.15) is 4.31 Å². The molecule has 0 saturated heterocycles. The summed E-state index contributed by atoms with van der Waals surface area (Å²) in [5.41, 5.74) is 0.0310. The number of nitro groups is 1. The van der Waals surface area contributed by atoms with Crippen LogP contribution in [0.5, 0.6) is 17.2 Å². The topological polar surface area (TPSA) is 108 Å². The van der Waals surface area contributed by atoms with Gasteiger partial charge >= 0.3 is 0 Å². The van der Waals surface area contributed by atoms with Crippen LogP contribution < -0.4 is 14.2 Å². The highest BCUT2D eigenvalue weighted by Gasteiger charge is 2.30. The van der Waals surface area contributed by atoms with Crippen molar-refractivity contribution in [3.05, 3.63) is 52.1 Å². The van der Waals surface area contributed by atoms with Crippen LogP contribution in [0.25, 0.3) is 0 Å². The first-order chi connectivity index (χ1) is 12.8. The smallest absolute Gasteiger partial charge is 0.289 e. The summed E-state index contributed by atoms with van der Waals surface area (Å²) in [6.07, 6.45) is 0.